The molecule has 0 aliphatic carbocycles. The van der Waals surface area contributed by atoms with E-state index in [0.29, 0.717) is 5.70 Å². The molecule has 0 saturated heterocycles. The Kier molecular flexibility index (Phi) is 6.16. The van der Waals surface area contributed by atoms with E-state index in [2.05, 4.69) is 10.3 Å². The Morgan fingerprint density at radius 2 is 1.94 bits per heavy atom. The quantitative estimate of drug-likeness (QED) is 0.286. The van der Waals surface area contributed by atoms with Crippen molar-refractivity contribution in [1.29, 1.82) is 5.41 Å². The number of halogens is 1. The number of hydrogen-bond donors (Lipinski definition) is 4. The predicted octanol–water partition coefficient (Wildman–Crippen LogP) is 1.92. The second-order valence-electron chi connectivity index (χ2n) is 7.11. The molecule has 1 aliphatic heterocycles. The van der Waals surface area contributed by atoms with Crippen molar-refractivity contribution in [3.05, 3.63) is 82.4 Å². The van der Waals surface area contributed by atoms with Gasteiger partial charge in [-0.2, -0.15) is 8.42 Å². The molecule has 0 fully saturated rings. The monoisotopic (exact) mass is 446 g/mol. The van der Waals surface area contributed by atoms with Crippen molar-refractivity contribution in [3.63, 3.8) is 0 Å². The molecule has 0 radical (unpaired) electrons. The van der Waals surface area contributed by atoms with Crippen molar-refractivity contribution in [2.24, 2.45) is 17.4 Å². The van der Waals surface area contributed by atoms with Gasteiger partial charge < -0.3 is 25.9 Å². The lowest BCUT2D eigenvalue weighted by Gasteiger charge is -2.24. The fourth-order valence-corrected chi connectivity index (χ4v) is 4.42. The predicted molar refractivity (Wildman–Crippen MR) is 114 cm³/mol. The third-order valence-electron chi connectivity index (χ3n) is 4.45. The van der Waals surface area contributed by atoms with Gasteiger partial charge in [-0.15, -0.1) is 0 Å². The second kappa shape index (κ2) is 8.64. The van der Waals surface area contributed by atoms with Crippen molar-refractivity contribution in [2.45, 2.75) is 20.4 Å². The molecule has 11 heteroatoms. The van der Waals surface area contributed by atoms with E-state index in [1.807, 2.05) is 0 Å². The van der Waals surface area contributed by atoms with Crippen LogP contribution in [0.5, 0.6) is 5.75 Å². The maximum absolute atomic E-state index is 13.6. The standard InChI is InChI=1S/C20H23FN6O3S/c1-12(2)17-20(31(28,29)30-15-5-3-4-14(21)10-15)27(11-13-6-8-25-9-7-13)19(26-17)16(22)18(23)24/h3-10,12,26H,11,22H2,1-2H3,(H3,23,24). The summed E-state index contributed by atoms with van der Waals surface area (Å²) in [5.41, 5.74) is 12.5. The average molecular weight is 447 g/mol. The molecule has 1 aromatic carbocycles. The summed E-state index contributed by atoms with van der Waals surface area (Å²) in [5.74, 6) is -1.36. The summed E-state index contributed by atoms with van der Waals surface area (Å²) in [7, 11) is -4.43. The lowest BCUT2D eigenvalue weighted by atomic mass is 10.1. The van der Waals surface area contributed by atoms with Crippen LogP contribution in [-0.4, -0.2) is 24.1 Å². The van der Waals surface area contributed by atoms with Crippen LogP contribution in [0.4, 0.5) is 4.39 Å². The highest BCUT2D eigenvalue weighted by molar-refractivity contribution is 7.91. The number of rotatable bonds is 7. The van der Waals surface area contributed by atoms with Gasteiger partial charge in [0.1, 0.15) is 28.9 Å². The Bertz CT molecular complexity index is 1160. The van der Waals surface area contributed by atoms with Gasteiger partial charge in [0, 0.05) is 18.5 Å². The zero-order valence-electron chi connectivity index (χ0n) is 17.0. The summed E-state index contributed by atoms with van der Waals surface area (Å²) in [6.45, 7) is 3.66. The van der Waals surface area contributed by atoms with E-state index in [-0.39, 0.29) is 34.8 Å². The molecule has 2 aromatic rings. The first-order chi connectivity index (χ1) is 14.6. The Morgan fingerprint density at radius 1 is 1.26 bits per heavy atom. The third-order valence-corrected chi connectivity index (χ3v) is 5.78. The van der Waals surface area contributed by atoms with Crippen molar-refractivity contribution >= 4 is 16.0 Å². The summed E-state index contributed by atoms with van der Waals surface area (Å²) in [5, 5.41) is 10.5. The van der Waals surface area contributed by atoms with Crippen LogP contribution in [0.3, 0.4) is 0 Å². The van der Waals surface area contributed by atoms with E-state index >= 15 is 0 Å². The summed E-state index contributed by atoms with van der Waals surface area (Å²) in [4.78, 5) is 5.35. The van der Waals surface area contributed by atoms with E-state index in [0.717, 1.165) is 11.6 Å². The minimum absolute atomic E-state index is 0.0795. The number of pyridine rings is 1. The summed E-state index contributed by atoms with van der Waals surface area (Å²) in [6, 6.07) is 8.27. The molecular formula is C20H23FN6O3S. The van der Waals surface area contributed by atoms with Gasteiger partial charge in [-0.25, -0.2) is 4.39 Å². The summed E-state index contributed by atoms with van der Waals surface area (Å²) < 4.78 is 45.4. The number of allylic oxidation sites excluding steroid dienone is 1. The van der Waals surface area contributed by atoms with Crippen LogP contribution >= 0.6 is 0 Å². The molecule has 31 heavy (non-hydrogen) atoms. The smallest absolute Gasteiger partial charge is 0.356 e. The van der Waals surface area contributed by atoms with Crippen LogP contribution < -0.4 is 21.0 Å². The van der Waals surface area contributed by atoms with Crippen LogP contribution in [0.1, 0.15) is 19.4 Å². The molecule has 1 aliphatic rings. The van der Waals surface area contributed by atoms with Gasteiger partial charge in [0.25, 0.3) is 0 Å². The SMILES string of the molecule is CC(C)C1=C(S(=O)(=O)Oc2cccc(F)c2)N(Cc2ccncc2)C(=C(N)C(=N)N)N1. The van der Waals surface area contributed by atoms with Gasteiger partial charge in [-0.1, -0.05) is 19.9 Å². The van der Waals surface area contributed by atoms with E-state index in [4.69, 9.17) is 21.1 Å². The van der Waals surface area contributed by atoms with Gasteiger partial charge in [0.05, 0.1) is 12.2 Å². The van der Waals surface area contributed by atoms with Crippen LogP contribution in [0.15, 0.2) is 71.0 Å². The van der Waals surface area contributed by atoms with E-state index in [1.165, 1.54) is 23.1 Å². The Labute approximate surface area is 179 Å². The minimum atomic E-state index is -4.43. The number of hydrogen-bond acceptors (Lipinski definition) is 8. The van der Waals surface area contributed by atoms with Gasteiger partial charge in [0.2, 0.25) is 0 Å². The van der Waals surface area contributed by atoms with Crippen LogP contribution in [-0.2, 0) is 16.7 Å². The van der Waals surface area contributed by atoms with Crippen molar-refractivity contribution in [2.75, 3.05) is 0 Å². The summed E-state index contributed by atoms with van der Waals surface area (Å²) >= 11 is 0. The molecule has 164 valence electrons. The Balaban J connectivity index is 2.14. The number of benzene rings is 1. The number of nitrogens with two attached hydrogens (primary N) is 2. The second-order valence-corrected chi connectivity index (χ2v) is 8.57. The molecule has 1 aromatic heterocycles. The minimum Gasteiger partial charge on any atom is -0.393 e. The molecule has 6 N–H and O–H groups in total. The molecule has 0 bridgehead atoms. The van der Waals surface area contributed by atoms with E-state index in [9.17, 15) is 12.8 Å². The highest BCUT2D eigenvalue weighted by Gasteiger charge is 2.40. The van der Waals surface area contributed by atoms with Gasteiger partial charge in [0.15, 0.2) is 5.03 Å². The van der Waals surface area contributed by atoms with Crippen LogP contribution in [0.2, 0.25) is 0 Å². The van der Waals surface area contributed by atoms with Gasteiger partial charge >= 0.3 is 10.1 Å². The molecule has 2 heterocycles. The fourth-order valence-electron chi connectivity index (χ4n) is 3.00. The first-order valence-corrected chi connectivity index (χ1v) is 10.7. The fraction of sp³-hybridized carbons (Fsp3) is 0.200. The molecule has 0 amide bonds. The average Bonchev–Trinajstić information content (AvgIpc) is 3.08. The first-order valence-electron chi connectivity index (χ1n) is 9.32. The normalized spacial score (nSPS) is 15.8. The van der Waals surface area contributed by atoms with Crippen molar-refractivity contribution < 1.29 is 17.0 Å². The summed E-state index contributed by atoms with van der Waals surface area (Å²) in [6.07, 6.45) is 3.14. The van der Waals surface area contributed by atoms with Gasteiger partial charge in [-0.05, 0) is 35.7 Å². The largest absolute Gasteiger partial charge is 0.393 e. The van der Waals surface area contributed by atoms with Crippen molar-refractivity contribution in [1.82, 2.24) is 15.2 Å². The highest BCUT2D eigenvalue weighted by atomic mass is 32.2. The van der Waals surface area contributed by atoms with E-state index in [1.54, 1.807) is 38.4 Å². The molecule has 0 spiro atoms. The molecule has 0 atom stereocenters. The molecular weight excluding hydrogens is 423 g/mol. The molecule has 0 saturated carbocycles. The Morgan fingerprint density at radius 3 is 2.52 bits per heavy atom. The van der Waals surface area contributed by atoms with E-state index < -0.39 is 21.8 Å². The number of amidine groups is 1. The van der Waals surface area contributed by atoms with Crippen molar-refractivity contribution in [3.8, 4) is 5.75 Å². The van der Waals surface area contributed by atoms with Crippen LogP contribution in [0, 0.1) is 17.1 Å². The molecule has 3 rings (SSSR count). The number of aromatic nitrogens is 1. The maximum atomic E-state index is 13.6. The lowest BCUT2D eigenvalue weighted by Crippen LogP contribution is -2.33. The van der Waals surface area contributed by atoms with Crippen LogP contribution in [0.25, 0.3) is 0 Å². The lowest BCUT2D eigenvalue weighted by molar-refractivity contribution is 0.418. The molecule has 0 unspecified atom stereocenters. The third kappa shape index (κ3) is 4.77. The topological polar surface area (TPSA) is 147 Å². The number of nitrogens with one attached hydrogen (secondary N) is 2. The Hall–Kier alpha value is -3.60. The molecule has 9 nitrogen and oxygen atoms in total. The zero-order valence-corrected chi connectivity index (χ0v) is 17.8. The number of nitrogens with zero attached hydrogens (tertiary/aromatic N) is 2. The highest BCUT2D eigenvalue weighted by Crippen LogP contribution is 2.35. The first kappa shape index (κ1) is 22.1. The zero-order chi connectivity index (χ0) is 22.8. The maximum Gasteiger partial charge on any atom is 0.356 e. The van der Waals surface area contributed by atoms with Gasteiger partial charge in [-0.3, -0.25) is 10.4 Å².